The number of amides is 2. The summed E-state index contributed by atoms with van der Waals surface area (Å²) in [7, 11) is 0. The Kier molecular flexibility index (Phi) is 7.70. The summed E-state index contributed by atoms with van der Waals surface area (Å²) in [5.74, 6) is -1.31. The van der Waals surface area contributed by atoms with Crippen LogP contribution in [0.5, 0.6) is 5.75 Å². The van der Waals surface area contributed by atoms with Crippen molar-refractivity contribution in [3.8, 4) is 5.75 Å². The fourth-order valence-electron chi connectivity index (χ4n) is 5.38. The highest BCUT2D eigenvalue weighted by molar-refractivity contribution is 6.30. The van der Waals surface area contributed by atoms with Crippen LogP contribution in [0.25, 0.3) is 0 Å². The Balaban J connectivity index is 1.26. The zero-order valence-electron chi connectivity index (χ0n) is 19.3. The summed E-state index contributed by atoms with van der Waals surface area (Å²) in [5, 5.41) is 19.5. The molecule has 1 saturated heterocycles. The smallest absolute Gasteiger partial charge is 0.484 e. The lowest BCUT2D eigenvalue weighted by Gasteiger charge is -2.56. The highest BCUT2D eigenvalue weighted by Crippen LogP contribution is 2.47. The Morgan fingerprint density at radius 1 is 1.17 bits per heavy atom. The van der Waals surface area contributed by atoms with Gasteiger partial charge in [-0.05, 0) is 57.1 Å². The molecule has 1 aromatic carbocycles. The second-order valence-electron chi connectivity index (χ2n) is 9.78. The summed E-state index contributed by atoms with van der Waals surface area (Å²) in [6.45, 7) is -0.461. The molecule has 1 aromatic rings. The van der Waals surface area contributed by atoms with Crippen LogP contribution >= 0.6 is 11.6 Å². The van der Waals surface area contributed by atoms with Crippen LogP contribution in [0.4, 0.5) is 17.6 Å². The van der Waals surface area contributed by atoms with Crippen molar-refractivity contribution in [2.75, 3.05) is 13.2 Å². The molecule has 2 unspecified atom stereocenters. The molecule has 3 atom stereocenters. The molecule has 0 spiro atoms. The molecule has 200 valence electrons. The Labute approximate surface area is 210 Å². The second-order valence-corrected chi connectivity index (χ2v) is 10.2. The first-order chi connectivity index (χ1) is 16.9. The SMILES string of the molecule is O=C(COc1ccc(Cl)c(F)c1)NC12CCC(NC(=O)C3CCC(OC(F)(F)F)CN3)(CC1)C[C@@H]2O. The summed E-state index contributed by atoms with van der Waals surface area (Å²) in [4.78, 5) is 25.3. The maximum Gasteiger partial charge on any atom is 0.522 e. The summed E-state index contributed by atoms with van der Waals surface area (Å²) in [6.07, 6.45) is -4.26. The summed E-state index contributed by atoms with van der Waals surface area (Å²) >= 11 is 5.63. The van der Waals surface area contributed by atoms with Gasteiger partial charge in [-0.25, -0.2) is 4.39 Å². The molecule has 2 bridgehead atoms. The van der Waals surface area contributed by atoms with Crippen molar-refractivity contribution in [2.45, 2.75) is 80.6 Å². The first-order valence-electron chi connectivity index (χ1n) is 11.8. The lowest BCUT2D eigenvalue weighted by Crippen LogP contribution is -2.71. The van der Waals surface area contributed by atoms with Crippen molar-refractivity contribution in [2.24, 2.45) is 0 Å². The number of alkyl halides is 3. The molecule has 3 saturated carbocycles. The number of carbonyl (C=O) groups is 2. The maximum atomic E-state index is 13.5. The molecule has 5 rings (SSSR count). The van der Waals surface area contributed by atoms with E-state index in [1.54, 1.807) is 0 Å². The van der Waals surface area contributed by atoms with Crippen LogP contribution in [0.1, 0.15) is 44.9 Å². The van der Waals surface area contributed by atoms with Gasteiger partial charge in [0.25, 0.3) is 5.91 Å². The minimum Gasteiger partial charge on any atom is -0.484 e. The number of benzene rings is 1. The Hall–Kier alpha value is -2.15. The molecule has 0 aromatic heterocycles. The van der Waals surface area contributed by atoms with Gasteiger partial charge < -0.3 is 25.8 Å². The summed E-state index contributed by atoms with van der Waals surface area (Å²) < 4.78 is 60.1. The lowest BCUT2D eigenvalue weighted by molar-refractivity contribution is -0.343. The van der Waals surface area contributed by atoms with Crippen LogP contribution < -0.4 is 20.7 Å². The van der Waals surface area contributed by atoms with Gasteiger partial charge in [-0.3, -0.25) is 14.3 Å². The average molecular weight is 538 g/mol. The van der Waals surface area contributed by atoms with E-state index >= 15 is 0 Å². The van der Waals surface area contributed by atoms with Crippen molar-refractivity contribution in [3.63, 3.8) is 0 Å². The minimum atomic E-state index is -4.72. The standard InChI is InChI=1S/C23H28ClF4N3O5/c24-15-3-1-13(9-16(15)25)35-12-19(33)30-22-7-5-21(6-8-22,10-18(22)32)31-20(34)17-4-2-14(11-29-17)36-23(26,27)28/h1,3,9,14,17-18,29,32H,2,4-8,10-12H2,(H,30,33)(H,31,34)/t14?,17?,18-,21?,22?/m0/s1. The lowest BCUT2D eigenvalue weighted by atomic mass is 9.59. The molecule has 4 fully saturated rings. The molecular formula is C23H28ClF4N3O5. The van der Waals surface area contributed by atoms with Gasteiger partial charge in [0.05, 0.1) is 28.8 Å². The number of rotatable bonds is 7. The van der Waals surface area contributed by atoms with Crippen LogP contribution in [0.2, 0.25) is 5.02 Å². The van der Waals surface area contributed by atoms with E-state index in [1.165, 1.54) is 12.1 Å². The third-order valence-electron chi connectivity index (χ3n) is 7.35. The van der Waals surface area contributed by atoms with Crippen LogP contribution in [-0.4, -0.2) is 65.8 Å². The van der Waals surface area contributed by atoms with Gasteiger partial charge in [0, 0.05) is 18.2 Å². The second kappa shape index (κ2) is 10.3. The van der Waals surface area contributed by atoms with Gasteiger partial charge in [0.2, 0.25) is 5.91 Å². The van der Waals surface area contributed by atoms with Crippen molar-refractivity contribution in [1.29, 1.82) is 0 Å². The third-order valence-corrected chi connectivity index (χ3v) is 7.65. The number of hydrogen-bond acceptors (Lipinski definition) is 6. The highest BCUT2D eigenvalue weighted by atomic mass is 35.5. The Bertz CT molecular complexity index is 979. The fourth-order valence-corrected chi connectivity index (χ4v) is 5.50. The molecule has 0 radical (unpaired) electrons. The molecule has 13 heteroatoms. The van der Waals surface area contributed by atoms with Gasteiger partial charge in [-0.15, -0.1) is 13.2 Å². The van der Waals surface area contributed by atoms with E-state index in [1.807, 2.05) is 0 Å². The predicted molar refractivity (Wildman–Crippen MR) is 120 cm³/mol. The van der Waals surface area contributed by atoms with E-state index in [0.717, 1.165) is 6.07 Å². The Morgan fingerprint density at radius 3 is 2.47 bits per heavy atom. The minimum absolute atomic E-state index is 0.0623. The maximum absolute atomic E-state index is 13.5. The topological polar surface area (TPSA) is 109 Å². The molecule has 1 heterocycles. The molecule has 4 aliphatic rings. The number of halogens is 5. The molecule has 3 aliphatic carbocycles. The number of ether oxygens (including phenoxy) is 2. The normalized spacial score (nSPS) is 32.1. The number of piperidine rings is 1. The number of fused-ring (bicyclic) bond motifs is 3. The van der Waals surface area contributed by atoms with E-state index in [0.29, 0.717) is 25.7 Å². The van der Waals surface area contributed by atoms with Crippen LogP contribution in [0, 0.1) is 5.82 Å². The molecule has 8 nitrogen and oxygen atoms in total. The van der Waals surface area contributed by atoms with Gasteiger partial charge in [0.1, 0.15) is 11.6 Å². The summed E-state index contributed by atoms with van der Waals surface area (Å²) in [6, 6.07) is 3.19. The zero-order chi connectivity index (χ0) is 26.1. The van der Waals surface area contributed by atoms with Crippen LogP contribution in [0.3, 0.4) is 0 Å². The Morgan fingerprint density at radius 2 is 1.89 bits per heavy atom. The van der Waals surface area contributed by atoms with Crippen LogP contribution in [0.15, 0.2) is 18.2 Å². The zero-order valence-corrected chi connectivity index (χ0v) is 20.1. The van der Waals surface area contributed by atoms with Crippen molar-refractivity contribution in [1.82, 2.24) is 16.0 Å². The average Bonchev–Trinajstić information content (AvgIpc) is 2.80. The molecule has 2 amide bonds. The first kappa shape index (κ1) is 26.9. The van der Waals surface area contributed by atoms with Crippen molar-refractivity contribution >= 4 is 23.4 Å². The predicted octanol–water partition coefficient (Wildman–Crippen LogP) is 2.56. The van der Waals surface area contributed by atoms with E-state index in [-0.39, 0.29) is 49.1 Å². The molecule has 4 N–H and O–H groups in total. The molecule has 1 aliphatic heterocycles. The number of carbonyl (C=O) groups excluding carboxylic acids is 2. The summed E-state index contributed by atoms with van der Waals surface area (Å²) in [5.41, 5.74) is -1.51. The van der Waals surface area contributed by atoms with Gasteiger partial charge in [-0.1, -0.05) is 11.6 Å². The molecule has 36 heavy (non-hydrogen) atoms. The number of nitrogens with one attached hydrogen (secondary N) is 3. The van der Waals surface area contributed by atoms with Gasteiger partial charge >= 0.3 is 6.36 Å². The molecular weight excluding hydrogens is 510 g/mol. The number of hydrogen-bond donors (Lipinski definition) is 4. The van der Waals surface area contributed by atoms with E-state index in [4.69, 9.17) is 16.3 Å². The highest BCUT2D eigenvalue weighted by Gasteiger charge is 2.55. The third kappa shape index (κ3) is 6.21. The van der Waals surface area contributed by atoms with Crippen molar-refractivity contribution in [3.05, 3.63) is 29.0 Å². The van der Waals surface area contributed by atoms with E-state index in [2.05, 4.69) is 20.7 Å². The number of aliphatic hydroxyl groups excluding tert-OH is 1. The van der Waals surface area contributed by atoms with Crippen molar-refractivity contribution < 1.29 is 41.7 Å². The quantitative estimate of drug-likeness (QED) is 0.398. The first-order valence-corrected chi connectivity index (χ1v) is 12.1. The van der Waals surface area contributed by atoms with Gasteiger partial charge in [-0.2, -0.15) is 0 Å². The fraction of sp³-hybridized carbons (Fsp3) is 0.652. The van der Waals surface area contributed by atoms with E-state index in [9.17, 15) is 32.3 Å². The van der Waals surface area contributed by atoms with Gasteiger partial charge in [0.15, 0.2) is 6.61 Å². The van der Waals surface area contributed by atoms with E-state index < -0.39 is 47.4 Å². The monoisotopic (exact) mass is 537 g/mol. The van der Waals surface area contributed by atoms with Crippen LogP contribution in [-0.2, 0) is 14.3 Å². The number of aliphatic hydroxyl groups is 1. The largest absolute Gasteiger partial charge is 0.522 e.